The van der Waals surface area contributed by atoms with Gasteiger partial charge in [-0.2, -0.15) is 0 Å². The van der Waals surface area contributed by atoms with Crippen molar-refractivity contribution in [2.45, 2.75) is 57.1 Å². The number of esters is 1. The first-order valence-electron chi connectivity index (χ1n) is 11.9. The fraction of sp³-hybridized carbons (Fsp3) is 0.519. The number of quaternary nitrogens is 1. The third kappa shape index (κ3) is 3.55. The zero-order chi connectivity index (χ0) is 21.6. The van der Waals surface area contributed by atoms with E-state index in [9.17, 15) is 4.79 Å². The Bertz CT molecular complexity index is 923. The number of unbranched alkanes of at least 4 members (excludes halogenated alkanes) is 1. The summed E-state index contributed by atoms with van der Waals surface area (Å²) in [6.45, 7) is 3.47. The van der Waals surface area contributed by atoms with Gasteiger partial charge in [0.1, 0.15) is 23.5 Å². The van der Waals surface area contributed by atoms with Crippen molar-refractivity contribution in [2.75, 3.05) is 20.6 Å². The molecule has 1 aliphatic heterocycles. The summed E-state index contributed by atoms with van der Waals surface area (Å²) in [5.74, 6) is 2.12. The number of ether oxygens (including phenoxy) is 2. The first-order chi connectivity index (χ1) is 15.0. The van der Waals surface area contributed by atoms with Gasteiger partial charge in [-0.1, -0.05) is 49.7 Å². The van der Waals surface area contributed by atoms with Gasteiger partial charge in [0.2, 0.25) is 0 Å². The second-order valence-electron chi connectivity index (χ2n) is 10.2. The summed E-state index contributed by atoms with van der Waals surface area (Å²) in [6.07, 6.45) is 5.99. The highest BCUT2D eigenvalue weighted by molar-refractivity contribution is 5.85. The van der Waals surface area contributed by atoms with E-state index in [-0.39, 0.29) is 12.1 Å². The third-order valence-corrected chi connectivity index (χ3v) is 7.88. The van der Waals surface area contributed by atoms with E-state index in [1.165, 1.54) is 32.2 Å². The summed E-state index contributed by atoms with van der Waals surface area (Å²) < 4.78 is 13.4. The molecule has 5 rings (SSSR count). The molecule has 2 aliphatic carbocycles. The normalized spacial score (nSPS) is 26.8. The van der Waals surface area contributed by atoms with Crippen LogP contribution in [0.15, 0.2) is 48.5 Å². The summed E-state index contributed by atoms with van der Waals surface area (Å²) in [6, 6.07) is 16.3. The molecule has 2 aromatic carbocycles. The molecule has 4 unspecified atom stereocenters. The first kappa shape index (κ1) is 20.6. The largest absolute Gasteiger partial charge is 0.461 e. The summed E-state index contributed by atoms with van der Waals surface area (Å²) in [4.78, 5) is 13.6. The zero-order valence-corrected chi connectivity index (χ0v) is 18.9. The molecule has 2 saturated carbocycles. The van der Waals surface area contributed by atoms with Crippen LogP contribution in [-0.2, 0) is 9.53 Å². The monoisotopic (exact) mass is 420 g/mol. The van der Waals surface area contributed by atoms with Gasteiger partial charge in [-0.15, -0.1) is 0 Å². The first-order valence-corrected chi connectivity index (χ1v) is 11.9. The Kier molecular flexibility index (Phi) is 5.29. The van der Waals surface area contributed by atoms with E-state index in [0.717, 1.165) is 33.5 Å². The van der Waals surface area contributed by atoms with Gasteiger partial charge in [-0.3, -0.25) is 4.79 Å². The lowest BCUT2D eigenvalue weighted by atomic mass is 9.88. The molecule has 0 spiro atoms. The molecule has 2 fully saturated rings. The van der Waals surface area contributed by atoms with E-state index in [4.69, 9.17) is 9.47 Å². The quantitative estimate of drug-likeness (QED) is 0.457. The van der Waals surface area contributed by atoms with Crippen LogP contribution in [0.1, 0.15) is 56.1 Å². The number of para-hydroxylation sites is 2. The van der Waals surface area contributed by atoms with E-state index in [0.29, 0.717) is 17.9 Å². The smallest absolute Gasteiger partial charge is 0.318 e. The molecule has 0 amide bonds. The molecule has 2 bridgehead atoms. The molecule has 3 aliphatic rings. The maximum absolute atomic E-state index is 13.6. The van der Waals surface area contributed by atoms with Crippen LogP contribution < -0.4 is 4.74 Å². The van der Waals surface area contributed by atoms with E-state index < -0.39 is 5.92 Å². The predicted molar refractivity (Wildman–Crippen MR) is 121 cm³/mol. The average Bonchev–Trinajstić information content (AvgIpc) is 3.35. The minimum atomic E-state index is -0.415. The highest BCUT2D eigenvalue weighted by Crippen LogP contribution is 2.51. The second kappa shape index (κ2) is 7.98. The van der Waals surface area contributed by atoms with Gasteiger partial charge >= 0.3 is 5.97 Å². The Balaban J connectivity index is 1.38. The van der Waals surface area contributed by atoms with Gasteiger partial charge in [0.15, 0.2) is 0 Å². The van der Waals surface area contributed by atoms with Gasteiger partial charge in [-0.25, -0.2) is 0 Å². The topological polar surface area (TPSA) is 35.5 Å². The Morgan fingerprint density at radius 1 is 1.03 bits per heavy atom. The highest BCUT2D eigenvalue weighted by Gasteiger charge is 2.57. The Labute approximate surface area is 185 Å². The molecule has 4 nitrogen and oxygen atoms in total. The van der Waals surface area contributed by atoms with Crippen LogP contribution in [0, 0.1) is 11.8 Å². The van der Waals surface area contributed by atoms with E-state index in [1.807, 2.05) is 48.5 Å². The number of hydrogen-bond donors (Lipinski definition) is 0. The minimum absolute atomic E-state index is 0.0393. The van der Waals surface area contributed by atoms with Crippen molar-refractivity contribution in [2.24, 2.45) is 11.8 Å². The average molecular weight is 421 g/mol. The number of carbonyl (C=O) groups is 1. The Hall–Kier alpha value is -2.33. The Morgan fingerprint density at radius 2 is 1.68 bits per heavy atom. The van der Waals surface area contributed by atoms with Crippen LogP contribution in [-0.4, -0.2) is 43.2 Å². The van der Waals surface area contributed by atoms with Crippen molar-refractivity contribution in [1.29, 1.82) is 0 Å². The SMILES string of the molecule is CCCC[N+](C)(C)C1C2CCC1C(OC(=O)C1c3ccccc3Oc3ccccc31)C2. The van der Waals surface area contributed by atoms with Crippen molar-refractivity contribution in [3.05, 3.63) is 59.7 Å². The van der Waals surface area contributed by atoms with Crippen LogP contribution in [0.25, 0.3) is 0 Å². The molecule has 164 valence electrons. The molecule has 0 aromatic heterocycles. The number of fused-ring (bicyclic) bond motifs is 4. The molecule has 0 saturated heterocycles. The van der Waals surface area contributed by atoms with Crippen molar-refractivity contribution in [1.82, 2.24) is 0 Å². The summed E-state index contributed by atoms with van der Waals surface area (Å²) in [5, 5.41) is 0. The van der Waals surface area contributed by atoms with E-state index in [2.05, 4.69) is 21.0 Å². The number of benzene rings is 2. The molecule has 2 aromatic rings. The maximum atomic E-state index is 13.6. The summed E-state index contributed by atoms with van der Waals surface area (Å²) in [5.41, 5.74) is 1.81. The van der Waals surface area contributed by atoms with Gasteiger partial charge in [-0.05, 0) is 37.8 Å². The van der Waals surface area contributed by atoms with Crippen LogP contribution in [0.2, 0.25) is 0 Å². The van der Waals surface area contributed by atoms with E-state index >= 15 is 0 Å². The van der Waals surface area contributed by atoms with Gasteiger partial charge in [0, 0.05) is 23.0 Å². The lowest BCUT2D eigenvalue weighted by Crippen LogP contribution is -2.52. The van der Waals surface area contributed by atoms with Crippen LogP contribution in [0.3, 0.4) is 0 Å². The summed E-state index contributed by atoms with van der Waals surface area (Å²) in [7, 11) is 4.75. The number of carbonyl (C=O) groups excluding carboxylic acids is 1. The van der Waals surface area contributed by atoms with Gasteiger partial charge in [0.25, 0.3) is 0 Å². The van der Waals surface area contributed by atoms with Crippen molar-refractivity contribution in [3.63, 3.8) is 0 Å². The second-order valence-corrected chi connectivity index (χ2v) is 10.2. The number of nitrogens with zero attached hydrogens (tertiary/aromatic N) is 1. The molecular weight excluding hydrogens is 386 g/mol. The van der Waals surface area contributed by atoms with Crippen molar-refractivity contribution >= 4 is 5.97 Å². The van der Waals surface area contributed by atoms with Crippen molar-refractivity contribution < 1.29 is 18.8 Å². The molecule has 4 heteroatoms. The number of rotatable bonds is 6. The van der Waals surface area contributed by atoms with Crippen LogP contribution in [0.4, 0.5) is 0 Å². The molecular formula is C27H34NO3+. The molecule has 0 N–H and O–H groups in total. The van der Waals surface area contributed by atoms with Crippen LogP contribution >= 0.6 is 0 Å². The molecule has 1 heterocycles. The fourth-order valence-electron chi connectivity index (χ4n) is 6.55. The molecule has 4 atom stereocenters. The molecule has 31 heavy (non-hydrogen) atoms. The van der Waals surface area contributed by atoms with E-state index in [1.54, 1.807) is 0 Å². The predicted octanol–water partition coefficient (Wildman–Crippen LogP) is 5.51. The Morgan fingerprint density at radius 3 is 2.32 bits per heavy atom. The third-order valence-electron chi connectivity index (χ3n) is 7.88. The molecule has 0 radical (unpaired) electrons. The minimum Gasteiger partial charge on any atom is -0.461 e. The van der Waals surface area contributed by atoms with Crippen LogP contribution in [0.5, 0.6) is 11.5 Å². The van der Waals surface area contributed by atoms with Gasteiger partial charge < -0.3 is 14.0 Å². The zero-order valence-electron chi connectivity index (χ0n) is 18.9. The lowest BCUT2D eigenvalue weighted by molar-refractivity contribution is -0.919. The van der Waals surface area contributed by atoms with Gasteiger partial charge in [0.05, 0.1) is 26.7 Å². The highest BCUT2D eigenvalue weighted by atomic mass is 16.5. The summed E-state index contributed by atoms with van der Waals surface area (Å²) >= 11 is 0. The fourth-order valence-corrected chi connectivity index (χ4v) is 6.55. The lowest BCUT2D eigenvalue weighted by Gasteiger charge is -2.39. The standard InChI is InChI=1S/C27H34NO3/c1-4-5-16-28(2,3)26-18-14-15-21(26)24(17-18)31-27(29)25-19-10-6-8-12-22(19)30-23-13-9-7-11-20(23)25/h6-13,18,21,24-26H,4-5,14-17H2,1-3H3/q+1. The van der Waals surface area contributed by atoms with Crippen molar-refractivity contribution in [3.8, 4) is 11.5 Å². The maximum Gasteiger partial charge on any atom is 0.318 e. The number of hydrogen-bond acceptors (Lipinski definition) is 3.